The SMILES string of the molecule is O=C(Nc1nc2c(s1)CN(Cc1ccccc1)CC2)c1cc(F)c(F)c(F)c1F. The maximum atomic E-state index is 13.8. The van der Waals surface area contributed by atoms with Gasteiger partial charge in [-0.3, -0.25) is 15.0 Å². The van der Waals surface area contributed by atoms with E-state index in [0.29, 0.717) is 19.0 Å². The molecule has 0 radical (unpaired) electrons. The average Bonchev–Trinajstić information content (AvgIpc) is 3.11. The number of hydrogen-bond acceptors (Lipinski definition) is 4. The van der Waals surface area contributed by atoms with Crippen molar-refractivity contribution in [3.05, 3.63) is 81.4 Å². The minimum atomic E-state index is -2.02. The topological polar surface area (TPSA) is 45.2 Å². The first-order valence-corrected chi connectivity index (χ1v) is 9.63. The molecular weight excluding hydrogens is 406 g/mol. The molecule has 2 aromatic carbocycles. The third-order valence-corrected chi connectivity index (χ3v) is 5.62. The van der Waals surface area contributed by atoms with Crippen LogP contribution in [0, 0.1) is 23.3 Å². The predicted octanol–water partition coefficient (Wildman–Crippen LogP) is 4.51. The van der Waals surface area contributed by atoms with Crippen molar-refractivity contribution in [2.45, 2.75) is 19.5 Å². The standard InChI is InChI=1S/C20H15F4N3OS/c21-13-8-12(16(22)18(24)17(13)23)19(28)26-20-25-14-6-7-27(10-15(14)29-20)9-11-4-2-1-3-5-11/h1-5,8H,6-7,9-10H2,(H,25,26,28). The van der Waals surface area contributed by atoms with Gasteiger partial charge >= 0.3 is 0 Å². The number of carbonyl (C=O) groups excluding carboxylic acids is 1. The molecule has 0 aliphatic carbocycles. The fraction of sp³-hybridized carbons (Fsp3) is 0.200. The van der Waals surface area contributed by atoms with Gasteiger partial charge in [-0.05, 0) is 11.6 Å². The van der Waals surface area contributed by atoms with Gasteiger partial charge in [-0.15, -0.1) is 11.3 Å². The molecule has 9 heteroatoms. The number of amides is 1. The quantitative estimate of drug-likeness (QED) is 0.383. The van der Waals surface area contributed by atoms with Gasteiger partial charge in [-0.1, -0.05) is 30.3 Å². The predicted molar refractivity (Wildman–Crippen MR) is 101 cm³/mol. The smallest absolute Gasteiger partial charge is 0.260 e. The van der Waals surface area contributed by atoms with E-state index in [1.807, 2.05) is 30.3 Å². The second-order valence-electron chi connectivity index (χ2n) is 6.64. The third-order valence-electron chi connectivity index (χ3n) is 4.63. The van der Waals surface area contributed by atoms with Gasteiger partial charge in [0.15, 0.2) is 28.4 Å². The van der Waals surface area contributed by atoms with Crippen LogP contribution >= 0.6 is 11.3 Å². The van der Waals surface area contributed by atoms with Crippen LogP contribution in [0.3, 0.4) is 0 Å². The number of benzene rings is 2. The lowest BCUT2D eigenvalue weighted by atomic mass is 10.1. The minimum Gasteiger partial charge on any atom is -0.298 e. The van der Waals surface area contributed by atoms with Crippen LogP contribution in [0.15, 0.2) is 36.4 Å². The zero-order valence-corrected chi connectivity index (χ0v) is 15.8. The molecule has 0 saturated carbocycles. The van der Waals surface area contributed by atoms with E-state index >= 15 is 0 Å². The average molecular weight is 421 g/mol. The molecule has 1 aromatic heterocycles. The summed E-state index contributed by atoms with van der Waals surface area (Å²) in [4.78, 5) is 19.7. The molecule has 3 aromatic rings. The molecule has 150 valence electrons. The molecule has 29 heavy (non-hydrogen) atoms. The number of rotatable bonds is 4. The number of fused-ring (bicyclic) bond motifs is 1. The lowest BCUT2D eigenvalue weighted by molar-refractivity contribution is 0.102. The number of nitrogens with one attached hydrogen (secondary N) is 1. The van der Waals surface area contributed by atoms with Crippen molar-refractivity contribution in [1.29, 1.82) is 0 Å². The van der Waals surface area contributed by atoms with Gasteiger partial charge in [-0.2, -0.15) is 0 Å². The summed E-state index contributed by atoms with van der Waals surface area (Å²) in [5, 5.41) is 2.55. The molecule has 0 fully saturated rings. The molecule has 4 rings (SSSR count). The van der Waals surface area contributed by atoms with Crippen LogP contribution in [-0.4, -0.2) is 22.3 Å². The van der Waals surface area contributed by atoms with Gasteiger partial charge in [0.2, 0.25) is 0 Å². The number of carbonyl (C=O) groups is 1. The summed E-state index contributed by atoms with van der Waals surface area (Å²) in [7, 11) is 0. The lowest BCUT2D eigenvalue weighted by Gasteiger charge is -2.25. The molecular formula is C20H15F4N3OS. The zero-order valence-electron chi connectivity index (χ0n) is 15.0. The Balaban J connectivity index is 1.48. The van der Waals surface area contributed by atoms with Crippen molar-refractivity contribution in [2.75, 3.05) is 11.9 Å². The van der Waals surface area contributed by atoms with Crippen molar-refractivity contribution in [3.63, 3.8) is 0 Å². The van der Waals surface area contributed by atoms with Gasteiger partial charge < -0.3 is 0 Å². The van der Waals surface area contributed by atoms with Gasteiger partial charge in [0, 0.05) is 30.9 Å². The zero-order chi connectivity index (χ0) is 20.5. The summed E-state index contributed by atoms with van der Waals surface area (Å²) >= 11 is 1.22. The Hall–Kier alpha value is -2.78. The van der Waals surface area contributed by atoms with Crippen LogP contribution in [-0.2, 0) is 19.5 Å². The molecule has 1 N–H and O–H groups in total. The fourth-order valence-corrected chi connectivity index (χ4v) is 4.23. The van der Waals surface area contributed by atoms with E-state index in [9.17, 15) is 22.4 Å². The number of hydrogen-bond donors (Lipinski definition) is 1. The van der Waals surface area contributed by atoms with Crippen LogP contribution in [0.25, 0.3) is 0 Å². The number of nitrogens with zero attached hydrogens (tertiary/aromatic N) is 2. The third kappa shape index (κ3) is 4.01. The minimum absolute atomic E-state index is 0.200. The molecule has 0 atom stereocenters. The van der Waals surface area contributed by atoms with E-state index in [4.69, 9.17) is 0 Å². The van der Waals surface area contributed by atoms with E-state index in [0.717, 1.165) is 23.7 Å². The van der Waals surface area contributed by atoms with Crippen molar-refractivity contribution in [2.24, 2.45) is 0 Å². The maximum absolute atomic E-state index is 13.8. The Labute approximate surface area is 167 Å². The maximum Gasteiger partial charge on any atom is 0.260 e. The van der Waals surface area contributed by atoms with E-state index in [1.54, 1.807) is 0 Å². The van der Waals surface area contributed by atoms with Gasteiger partial charge in [0.25, 0.3) is 5.91 Å². The van der Waals surface area contributed by atoms with Crippen LogP contribution in [0.1, 0.15) is 26.5 Å². The molecule has 1 amide bonds. The number of aromatic nitrogens is 1. The Morgan fingerprint density at radius 2 is 1.86 bits per heavy atom. The second kappa shape index (κ2) is 7.92. The molecule has 0 bridgehead atoms. The summed E-state index contributed by atoms with van der Waals surface area (Å²) in [6.07, 6.45) is 0.683. The summed E-state index contributed by atoms with van der Waals surface area (Å²) < 4.78 is 53.6. The highest BCUT2D eigenvalue weighted by atomic mass is 32.1. The van der Waals surface area contributed by atoms with Crippen LogP contribution in [0.2, 0.25) is 0 Å². The highest BCUT2D eigenvalue weighted by Crippen LogP contribution is 2.30. The first-order valence-electron chi connectivity index (χ1n) is 8.81. The molecule has 0 unspecified atom stereocenters. The summed E-state index contributed by atoms with van der Waals surface area (Å²) in [6.45, 7) is 2.22. The monoisotopic (exact) mass is 421 g/mol. The Morgan fingerprint density at radius 1 is 1.10 bits per heavy atom. The highest BCUT2D eigenvalue weighted by molar-refractivity contribution is 7.15. The summed E-state index contributed by atoms with van der Waals surface area (Å²) in [5.74, 6) is -8.44. The van der Waals surface area contributed by atoms with Crippen molar-refractivity contribution in [1.82, 2.24) is 9.88 Å². The first kappa shape index (κ1) is 19.5. The molecule has 2 heterocycles. The van der Waals surface area contributed by atoms with E-state index < -0.39 is 34.7 Å². The van der Waals surface area contributed by atoms with Crippen LogP contribution in [0.5, 0.6) is 0 Å². The lowest BCUT2D eigenvalue weighted by Crippen LogP contribution is -2.29. The Bertz CT molecular complexity index is 1070. The fourth-order valence-electron chi connectivity index (χ4n) is 3.18. The summed E-state index contributed by atoms with van der Waals surface area (Å²) in [6, 6.07) is 10.3. The number of anilines is 1. The molecule has 0 spiro atoms. The first-order chi connectivity index (χ1) is 13.9. The molecule has 1 aliphatic heterocycles. The van der Waals surface area contributed by atoms with Crippen LogP contribution in [0.4, 0.5) is 22.7 Å². The van der Waals surface area contributed by atoms with Crippen molar-refractivity contribution < 1.29 is 22.4 Å². The Morgan fingerprint density at radius 3 is 2.62 bits per heavy atom. The van der Waals surface area contributed by atoms with E-state index in [2.05, 4.69) is 15.2 Å². The van der Waals surface area contributed by atoms with Crippen molar-refractivity contribution >= 4 is 22.4 Å². The Kier molecular flexibility index (Phi) is 5.33. The molecule has 0 saturated heterocycles. The van der Waals surface area contributed by atoms with Crippen LogP contribution < -0.4 is 5.32 Å². The highest BCUT2D eigenvalue weighted by Gasteiger charge is 2.25. The number of thiazole rings is 1. The van der Waals surface area contributed by atoms with E-state index in [1.165, 1.54) is 16.9 Å². The largest absolute Gasteiger partial charge is 0.298 e. The normalized spacial score (nSPS) is 13.9. The molecule has 4 nitrogen and oxygen atoms in total. The van der Waals surface area contributed by atoms with Gasteiger partial charge in [0.1, 0.15) is 0 Å². The van der Waals surface area contributed by atoms with Gasteiger partial charge in [-0.25, -0.2) is 22.5 Å². The van der Waals surface area contributed by atoms with Gasteiger partial charge in [0.05, 0.1) is 11.3 Å². The summed E-state index contributed by atoms with van der Waals surface area (Å²) in [5.41, 5.74) is 1.09. The molecule has 1 aliphatic rings. The van der Waals surface area contributed by atoms with E-state index in [-0.39, 0.29) is 5.13 Å². The van der Waals surface area contributed by atoms with Crippen molar-refractivity contribution in [3.8, 4) is 0 Å². The second-order valence-corrected chi connectivity index (χ2v) is 7.72. The number of halogens is 4.